The highest BCUT2D eigenvalue weighted by Gasteiger charge is 2.32. The summed E-state index contributed by atoms with van der Waals surface area (Å²) in [5.41, 5.74) is 3.56. The number of nitrogens with one attached hydrogen (secondary N) is 2. The summed E-state index contributed by atoms with van der Waals surface area (Å²) < 4.78 is 5.62. The van der Waals surface area contributed by atoms with Crippen molar-refractivity contribution in [3.8, 4) is 11.8 Å². The predicted molar refractivity (Wildman–Crippen MR) is 152 cm³/mol. The lowest BCUT2D eigenvalue weighted by atomic mass is 9.84. The first-order chi connectivity index (χ1) is 18.4. The van der Waals surface area contributed by atoms with Crippen LogP contribution in [0.5, 0.6) is 0 Å². The number of likely N-dealkylation sites (tertiary alicyclic amines) is 1. The molecule has 0 bridgehead atoms. The first kappa shape index (κ1) is 28.4. The number of piperidine rings is 2. The third kappa shape index (κ3) is 7.09. The number of rotatable bonds is 7. The van der Waals surface area contributed by atoms with E-state index in [0.29, 0.717) is 18.2 Å². The molecule has 0 saturated carbocycles. The second-order valence-corrected chi connectivity index (χ2v) is 11.4. The standard InChI is InChI=1S/C31H46N4O3/c1-5-35(26-11-16-38-17-12-26)29-20-25(10-9-15-34-13-7-6-8-14-34)19-27(24(29)4)30(36)32-21-28-22(2)18-23(3)33-31(28)37/h19-20,22-23,26,28H,5-8,11-18,21H2,1-4H3,(H,32,36)(H,33,37). The van der Waals surface area contributed by atoms with Crippen LogP contribution in [0.15, 0.2) is 12.1 Å². The molecular formula is C31H46N4O3. The minimum atomic E-state index is -0.211. The van der Waals surface area contributed by atoms with Crippen molar-refractivity contribution in [1.29, 1.82) is 0 Å². The molecule has 0 radical (unpaired) electrons. The van der Waals surface area contributed by atoms with Crippen molar-refractivity contribution in [2.75, 3.05) is 50.8 Å². The van der Waals surface area contributed by atoms with Crippen molar-refractivity contribution in [3.63, 3.8) is 0 Å². The summed E-state index contributed by atoms with van der Waals surface area (Å²) in [5.74, 6) is 6.66. The van der Waals surface area contributed by atoms with Crippen LogP contribution >= 0.6 is 0 Å². The van der Waals surface area contributed by atoms with E-state index >= 15 is 0 Å². The molecule has 3 fully saturated rings. The number of hydrogen-bond donors (Lipinski definition) is 2. The maximum Gasteiger partial charge on any atom is 0.251 e. The van der Waals surface area contributed by atoms with E-state index in [1.807, 2.05) is 19.9 Å². The maximum atomic E-state index is 13.6. The fourth-order valence-electron chi connectivity index (χ4n) is 6.28. The van der Waals surface area contributed by atoms with Crippen molar-refractivity contribution in [2.45, 2.75) is 78.3 Å². The third-order valence-corrected chi connectivity index (χ3v) is 8.51. The lowest BCUT2D eigenvalue weighted by molar-refractivity contribution is -0.129. The van der Waals surface area contributed by atoms with Crippen molar-refractivity contribution in [2.24, 2.45) is 11.8 Å². The molecule has 3 unspecified atom stereocenters. The molecule has 3 aliphatic rings. The molecular weight excluding hydrogens is 476 g/mol. The van der Waals surface area contributed by atoms with E-state index in [1.165, 1.54) is 19.3 Å². The lowest BCUT2D eigenvalue weighted by Gasteiger charge is -2.36. The molecule has 3 atom stereocenters. The Bertz CT molecular complexity index is 1030. The van der Waals surface area contributed by atoms with E-state index in [4.69, 9.17) is 4.74 Å². The zero-order valence-electron chi connectivity index (χ0n) is 23.8. The lowest BCUT2D eigenvalue weighted by Crippen LogP contribution is -2.50. The molecule has 1 aromatic rings. The number of nitrogens with zero attached hydrogens (tertiary/aromatic N) is 2. The molecule has 3 aliphatic heterocycles. The number of carbonyl (C=O) groups excluding carboxylic acids is 2. The molecule has 7 heteroatoms. The molecule has 1 aromatic carbocycles. The smallest absolute Gasteiger partial charge is 0.251 e. The van der Waals surface area contributed by atoms with E-state index in [2.05, 4.69) is 52.2 Å². The van der Waals surface area contributed by atoms with Gasteiger partial charge >= 0.3 is 0 Å². The van der Waals surface area contributed by atoms with Crippen molar-refractivity contribution >= 4 is 17.5 Å². The molecule has 2 N–H and O–H groups in total. The highest BCUT2D eigenvalue weighted by atomic mass is 16.5. The molecule has 3 saturated heterocycles. The summed E-state index contributed by atoms with van der Waals surface area (Å²) in [6.07, 6.45) is 6.68. The van der Waals surface area contributed by atoms with Crippen molar-refractivity contribution in [1.82, 2.24) is 15.5 Å². The SMILES string of the molecule is CCN(c1cc(C#CCN2CCCCC2)cc(C(=O)NCC2C(=O)NC(C)CC2C)c1C)C1CCOCC1. The van der Waals surface area contributed by atoms with Crippen molar-refractivity contribution in [3.05, 3.63) is 28.8 Å². The van der Waals surface area contributed by atoms with Gasteiger partial charge in [-0.3, -0.25) is 14.5 Å². The van der Waals surface area contributed by atoms with Crippen LogP contribution in [0.4, 0.5) is 5.69 Å². The second kappa shape index (κ2) is 13.5. The van der Waals surface area contributed by atoms with Crippen LogP contribution < -0.4 is 15.5 Å². The first-order valence-corrected chi connectivity index (χ1v) is 14.7. The van der Waals surface area contributed by atoms with Gasteiger partial charge in [-0.05, 0) is 89.6 Å². The van der Waals surface area contributed by atoms with Gasteiger partial charge in [0.1, 0.15) is 0 Å². The zero-order chi connectivity index (χ0) is 27.1. The summed E-state index contributed by atoms with van der Waals surface area (Å²) in [5, 5.41) is 6.12. The van der Waals surface area contributed by atoms with Gasteiger partial charge in [0.05, 0.1) is 12.5 Å². The van der Waals surface area contributed by atoms with Gasteiger partial charge in [0.2, 0.25) is 5.91 Å². The molecule has 0 aromatic heterocycles. The normalized spacial score (nSPS) is 24.7. The van der Waals surface area contributed by atoms with Gasteiger partial charge in [-0.2, -0.15) is 0 Å². The molecule has 2 amide bonds. The van der Waals surface area contributed by atoms with Crippen LogP contribution in [0.25, 0.3) is 0 Å². The summed E-state index contributed by atoms with van der Waals surface area (Å²) >= 11 is 0. The van der Waals surface area contributed by atoms with Gasteiger partial charge in [-0.1, -0.05) is 25.2 Å². The summed E-state index contributed by atoms with van der Waals surface area (Å²) in [7, 11) is 0. The van der Waals surface area contributed by atoms with E-state index in [-0.39, 0.29) is 29.7 Å². The molecule has 208 valence electrons. The zero-order valence-corrected chi connectivity index (χ0v) is 23.8. The highest BCUT2D eigenvalue weighted by Crippen LogP contribution is 2.30. The van der Waals surface area contributed by atoms with E-state index in [0.717, 1.165) is 75.5 Å². The molecule has 7 nitrogen and oxygen atoms in total. The van der Waals surface area contributed by atoms with Gasteiger partial charge in [0.25, 0.3) is 5.91 Å². The quantitative estimate of drug-likeness (QED) is 0.534. The minimum Gasteiger partial charge on any atom is -0.381 e. The first-order valence-electron chi connectivity index (χ1n) is 14.7. The largest absolute Gasteiger partial charge is 0.381 e. The third-order valence-electron chi connectivity index (χ3n) is 8.51. The highest BCUT2D eigenvalue weighted by molar-refractivity contribution is 5.98. The average molecular weight is 523 g/mol. The maximum absolute atomic E-state index is 13.6. The number of benzene rings is 1. The average Bonchev–Trinajstić information content (AvgIpc) is 2.91. The van der Waals surface area contributed by atoms with Crippen LogP contribution in [0.2, 0.25) is 0 Å². The van der Waals surface area contributed by atoms with E-state index in [1.54, 1.807) is 0 Å². The van der Waals surface area contributed by atoms with Gasteiger partial charge in [0.15, 0.2) is 0 Å². The van der Waals surface area contributed by atoms with Gasteiger partial charge in [-0.25, -0.2) is 0 Å². The Hall–Kier alpha value is -2.56. The number of hydrogen-bond acceptors (Lipinski definition) is 5. The number of anilines is 1. The Balaban J connectivity index is 1.58. The van der Waals surface area contributed by atoms with E-state index < -0.39 is 0 Å². The van der Waals surface area contributed by atoms with Crippen LogP contribution in [-0.4, -0.2) is 74.7 Å². The van der Waals surface area contributed by atoms with Crippen LogP contribution in [0.3, 0.4) is 0 Å². The molecule has 3 heterocycles. The Labute approximate surface area is 229 Å². The monoisotopic (exact) mass is 522 g/mol. The number of ether oxygens (including phenoxy) is 1. The molecule has 0 aliphatic carbocycles. The Morgan fingerprint density at radius 3 is 2.61 bits per heavy atom. The Morgan fingerprint density at radius 1 is 1.18 bits per heavy atom. The van der Waals surface area contributed by atoms with E-state index in [9.17, 15) is 9.59 Å². The van der Waals surface area contributed by atoms with Gasteiger partial charge in [-0.15, -0.1) is 0 Å². The van der Waals surface area contributed by atoms with Gasteiger partial charge < -0.3 is 20.3 Å². The van der Waals surface area contributed by atoms with Gasteiger partial charge in [0, 0.05) is 55.2 Å². The number of carbonyl (C=O) groups is 2. The van der Waals surface area contributed by atoms with Crippen LogP contribution in [-0.2, 0) is 9.53 Å². The summed E-state index contributed by atoms with van der Waals surface area (Å²) in [6.45, 7) is 14.1. The van der Waals surface area contributed by atoms with Crippen LogP contribution in [0, 0.1) is 30.6 Å². The summed E-state index contributed by atoms with van der Waals surface area (Å²) in [6, 6.07) is 4.65. The molecule has 0 spiro atoms. The second-order valence-electron chi connectivity index (χ2n) is 11.4. The number of amides is 2. The molecule has 38 heavy (non-hydrogen) atoms. The fourth-order valence-corrected chi connectivity index (χ4v) is 6.28. The fraction of sp³-hybridized carbons (Fsp3) is 0.677. The predicted octanol–water partition coefficient (Wildman–Crippen LogP) is 3.73. The molecule has 4 rings (SSSR count). The minimum absolute atomic E-state index is 0.0305. The Morgan fingerprint density at radius 2 is 1.92 bits per heavy atom. The topological polar surface area (TPSA) is 73.9 Å². The van der Waals surface area contributed by atoms with Crippen molar-refractivity contribution < 1.29 is 14.3 Å². The Kier molecular flexibility index (Phi) is 10.1. The van der Waals surface area contributed by atoms with Crippen LogP contribution in [0.1, 0.15) is 80.8 Å². The summed E-state index contributed by atoms with van der Waals surface area (Å²) in [4.78, 5) is 31.0.